The average molecular weight is 236 g/mol. The first-order valence-electron chi connectivity index (χ1n) is 4.93. The van der Waals surface area contributed by atoms with Crippen molar-refractivity contribution in [3.63, 3.8) is 0 Å². The van der Waals surface area contributed by atoms with Gasteiger partial charge in [-0.1, -0.05) is 0 Å². The third-order valence-corrected chi connectivity index (χ3v) is 1.70. The molecule has 0 aliphatic heterocycles. The number of hydrogen-bond acceptors (Lipinski definition) is 2. The number of halogens is 3. The Morgan fingerprint density at radius 2 is 2.00 bits per heavy atom. The molecule has 0 saturated carbocycles. The van der Waals surface area contributed by atoms with Gasteiger partial charge in [0.1, 0.15) is 6.54 Å². The van der Waals surface area contributed by atoms with Gasteiger partial charge >= 0.3 is 6.18 Å². The van der Waals surface area contributed by atoms with Crippen LogP contribution >= 0.6 is 0 Å². The van der Waals surface area contributed by atoms with E-state index in [0.29, 0.717) is 13.0 Å². The molecule has 6 heteroatoms. The van der Waals surface area contributed by atoms with Crippen molar-refractivity contribution < 1.29 is 18.0 Å². The highest BCUT2D eigenvalue weighted by molar-refractivity contribution is 5.77. The van der Waals surface area contributed by atoms with Crippen LogP contribution in [0.25, 0.3) is 0 Å². The Morgan fingerprint density at radius 1 is 1.31 bits per heavy atom. The number of terminal acetylenes is 1. The quantitative estimate of drug-likeness (QED) is 0.512. The number of alkyl halides is 3. The Labute approximate surface area is 92.8 Å². The van der Waals surface area contributed by atoms with Gasteiger partial charge in [-0.2, -0.15) is 13.2 Å². The summed E-state index contributed by atoms with van der Waals surface area (Å²) in [6.45, 7) is -0.822. The summed E-state index contributed by atoms with van der Waals surface area (Å²) in [5.41, 5.74) is 0. The minimum atomic E-state index is -4.36. The predicted molar refractivity (Wildman–Crippen MR) is 54.6 cm³/mol. The third kappa shape index (κ3) is 10.9. The first kappa shape index (κ1) is 14.8. The van der Waals surface area contributed by atoms with Crippen molar-refractivity contribution in [1.82, 2.24) is 10.6 Å². The Bertz CT molecular complexity index is 245. The molecule has 0 aromatic rings. The Morgan fingerprint density at radius 3 is 2.56 bits per heavy atom. The smallest absolute Gasteiger partial charge is 0.346 e. The lowest BCUT2D eigenvalue weighted by Crippen LogP contribution is -2.39. The van der Waals surface area contributed by atoms with Gasteiger partial charge in [-0.25, -0.2) is 0 Å². The van der Waals surface area contributed by atoms with Crippen LogP contribution in [0, 0.1) is 12.3 Å². The van der Waals surface area contributed by atoms with Crippen molar-refractivity contribution >= 4 is 5.91 Å². The van der Waals surface area contributed by atoms with Crippen LogP contribution in [0.1, 0.15) is 19.3 Å². The molecule has 0 aliphatic carbocycles. The first-order valence-corrected chi connectivity index (χ1v) is 4.93. The Balaban J connectivity index is 3.35. The van der Waals surface area contributed by atoms with E-state index in [1.807, 2.05) is 0 Å². The SMILES string of the molecule is C#CCCCCNCC(=O)NCC(F)(F)F. The molecule has 92 valence electrons. The van der Waals surface area contributed by atoms with Gasteiger partial charge in [-0.15, -0.1) is 12.3 Å². The maximum Gasteiger partial charge on any atom is 0.405 e. The highest BCUT2D eigenvalue weighted by Gasteiger charge is 2.27. The van der Waals surface area contributed by atoms with Crippen LogP contribution in [0.15, 0.2) is 0 Å². The summed E-state index contributed by atoms with van der Waals surface area (Å²) in [6, 6.07) is 0. The summed E-state index contributed by atoms with van der Waals surface area (Å²) in [4.78, 5) is 10.9. The molecular formula is C10H15F3N2O. The first-order chi connectivity index (χ1) is 7.45. The maximum atomic E-state index is 11.7. The highest BCUT2D eigenvalue weighted by Crippen LogP contribution is 2.11. The summed E-state index contributed by atoms with van der Waals surface area (Å²) in [5.74, 6) is 1.81. The molecule has 1 amide bonds. The molecule has 16 heavy (non-hydrogen) atoms. The normalized spacial score (nSPS) is 10.9. The molecule has 0 aromatic carbocycles. The van der Waals surface area contributed by atoms with Crippen LogP contribution in [-0.2, 0) is 4.79 Å². The van der Waals surface area contributed by atoms with Crippen LogP contribution in [-0.4, -0.2) is 31.7 Å². The van der Waals surface area contributed by atoms with Gasteiger partial charge in [-0.05, 0) is 19.4 Å². The number of amides is 1. The third-order valence-electron chi connectivity index (χ3n) is 1.70. The van der Waals surface area contributed by atoms with Gasteiger partial charge in [0.15, 0.2) is 0 Å². The molecule has 3 nitrogen and oxygen atoms in total. The number of unbranched alkanes of at least 4 members (excludes halogenated alkanes) is 2. The van der Waals surface area contributed by atoms with Gasteiger partial charge in [0.25, 0.3) is 0 Å². The Kier molecular flexibility index (Phi) is 7.38. The van der Waals surface area contributed by atoms with Crippen LogP contribution in [0.3, 0.4) is 0 Å². The molecule has 0 atom stereocenters. The molecule has 0 saturated heterocycles. The predicted octanol–water partition coefficient (Wildman–Crippen LogP) is 1.06. The molecule has 0 spiro atoms. The number of carbonyl (C=O) groups is 1. The average Bonchev–Trinajstić information content (AvgIpc) is 2.19. The summed E-state index contributed by atoms with van der Waals surface area (Å²) in [7, 11) is 0. The number of carbonyl (C=O) groups excluding carboxylic acids is 1. The largest absolute Gasteiger partial charge is 0.405 e. The van der Waals surface area contributed by atoms with Crippen molar-refractivity contribution in [2.24, 2.45) is 0 Å². The van der Waals surface area contributed by atoms with Gasteiger partial charge in [0, 0.05) is 6.42 Å². The van der Waals surface area contributed by atoms with E-state index >= 15 is 0 Å². The van der Waals surface area contributed by atoms with Gasteiger partial charge in [-0.3, -0.25) is 4.79 Å². The second-order valence-electron chi connectivity index (χ2n) is 3.23. The van der Waals surface area contributed by atoms with Crippen LogP contribution < -0.4 is 10.6 Å². The van der Waals surface area contributed by atoms with Crippen molar-refractivity contribution in [1.29, 1.82) is 0 Å². The standard InChI is InChI=1S/C10H15F3N2O/c1-2-3-4-5-6-14-7-9(16)15-8-10(11,12)13/h1,14H,3-8H2,(H,15,16). The van der Waals surface area contributed by atoms with Crippen molar-refractivity contribution in [3.8, 4) is 12.3 Å². The van der Waals surface area contributed by atoms with Crippen molar-refractivity contribution in [3.05, 3.63) is 0 Å². The minimum Gasteiger partial charge on any atom is -0.346 e. The molecule has 2 N–H and O–H groups in total. The zero-order valence-corrected chi connectivity index (χ0v) is 8.86. The summed E-state index contributed by atoms with van der Waals surface area (Å²) < 4.78 is 35.1. The molecular weight excluding hydrogens is 221 g/mol. The fourth-order valence-electron chi connectivity index (χ4n) is 0.940. The molecule has 0 aliphatic rings. The minimum absolute atomic E-state index is 0.105. The molecule has 0 bridgehead atoms. The fourth-order valence-corrected chi connectivity index (χ4v) is 0.940. The number of rotatable bonds is 7. The van der Waals surface area contributed by atoms with E-state index in [2.05, 4.69) is 11.2 Å². The lowest BCUT2D eigenvalue weighted by Gasteiger charge is -2.08. The maximum absolute atomic E-state index is 11.7. The topological polar surface area (TPSA) is 41.1 Å². The molecule has 0 aromatic heterocycles. The van der Waals surface area contributed by atoms with E-state index in [-0.39, 0.29) is 6.54 Å². The van der Waals surface area contributed by atoms with E-state index in [1.54, 1.807) is 5.32 Å². The molecule has 0 radical (unpaired) electrons. The van der Waals surface area contributed by atoms with E-state index in [9.17, 15) is 18.0 Å². The van der Waals surface area contributed by atoms with Gasteiger partial charge < -0.3 is 10.6 Å². The molecule has 0 heterocycles. The van der Waals surface area contributed by atoms with E-state index in [4.69, 9.17) is 6.42 Å². The second kappa shape index (κ2) is 7.99. The molecule has 0 rings (SSSR count). The highest BCUT2D eigenvalue weighted by atomic mass is 19.4. The van der Waals surface area contributed by atoms with E-state index < -0.39 is 18.6 Å². The molecule has 0 fully saturated rings. The van der Waals surface area contributed by atoms with E-state index in [0.717, 1.165) is 12.8 Å². The lowest BCUT2D eigenvalue weighted by atomic mass is 10.2. The van der Waals surface area contributed by atoms with Crippen LogP contribution in [0.2, 0.25) is 0 Å². The monoisotopic (exact) mass is 236 g/mol. The van der Waals surface area contributed by atoms with E-state index in [1.165, 1.54) is 0 Å². The zero-order valence-electron chi connectivity index (χ0n) is 8.86. The number of hydrogen-bond donors (Lipinski definition) is 2. The summed E-state index contributed by atoms with van der Waals surface area (Å²) in [6.07, 6.45) is 2.98. The summed E-state index contributed by atoms with van der Waals surface area (Å²) >= 11 is 0. The van der Waals surface area contributed by atoms with Gasteiger partial charge in [0.2, 0.25) is 5.91 Å². The second-order valence-corrected chi connectivity index (χ2v) is 3.23. The fraction of sp³-hybridized carbons (Fsp3) is 0.700. The van der Waals surface area contributed by atoms with Crippen LogP contribution in [0.4, 0.5) is 13.2 Å². The molecule has 0 unspecified atom stereocenters. The number of nitrogens with one attached hydrogen (secondary N) is 2. The van der Waals surface area contributed by atoms with Crippen molar-refractivity contribution in [2.75, 3.05) is 19.6 Å². The van der Waals surface area contributed by atoms with Crippen LogP contribution in [0.5, 0.6) is 0 Å². The van der Waals surface area contributed by atoms with Gasteiger partial charge in [0.05, 0.1) is 6.54 Å². The zero-order chi connectivity index (χ0) is 12.4. The summed E-state index contributed by atoms with van der Waals surface area (Å²) in [5, 5.41) is 4.50. The van der Waals surface area contributed by atoms with Crippen molar-refractivity contribution in [2.45, 2.75) is 25.4 Å². The Hall–Kier alpha value is -1.22. The lowest BCUT2D eigenvalue weighted by molar-refractivity contribution is -0.137.